The van der Waals surface area contributed by atoms with E-state index in [1.165, 1.54) is 22.7 Å². The summed E-state index contributed by atoms with van der Waals surface area (Å²) in [4.78, 5) is 12.7. The maximum absolute atomic E-state index is 11.7. The second-order valence-corrected chi connectivity index (χ2v) is 4.98. The molecule has 0 amide bonds. The van der Waals surface area contributed by atoms with Gasteiger partial charge in [-0.25, -0.2) is 4.79 Å². The van der Waals surface area contributed by atoms with Crippen LogP contribution in [0.15, 0.2) is 22.9 Å². The molecule has 0 aliphatic carbocycles. The van der Waals surface area contributed by atoms with Crippen molar-refractivity contribution in [2.45, 2.75) is 6.92 Å². The molecule has 2 N–H and O–H groups in total. The molecule has 0 aromatic carbocycles. The molecular formula is C11H11NO2S2. The lowest BCUT2D eigenvalue weighted by Gasteiger charge is -2.01. The number of hydrogen-bond acceptors (Lipinski definition) is 5. The van der Waals surface area contributed by atoms with Gasteiger partial charge in [0.1, 0.15) is 0 Å². The summed E-state index contributed by atoms with van der Waals surface area (Å²) in [7, 11) is 0. The molecule has 16 heavy (non-hydrogen) atoms. The first-order valence-electron chi connectivity index (χ1n) is 4.81. The lowest BCUT2D eigenvalue weighted by molar-refractivity contribution is 0.0528. The first-order valence-corrected chi connectivity index (χ1v) is 6.57. The van der Waals surface area contributed by atoms with Crippen LogP contribution in [0.5, 0.6) is 0 Å². The molecule has 0 unspecified atom stereocenters. The molecule has 0 bridgehead atoms. The molecule has 0 fully saturated rings. The van der Waals surface area contributed by atoms with Gasteiger partial charge in [-0.3, -0.25) is 0 Å². The fourth-order valence-corrected chi connectivity index (χ4v) is 3.05. The van der Waals surface area contributed by atoms with Crippen molar-refractivity contribution in [1.29, 1.82) is 0 Å². The van der Waals surface area contributed by atoms with E-state index in [2.05, 4.69) is 0 Å². The quantitative estimate of drug-likeness (QED) is 0.854. The Bertz CT molecular complexity index is 502. The first-order chi connectivity index (χ1) is 7.72. The van der Waals surface area contributed by atoms with Crippen molar-refractivity contribution < 1.29 is 9.53 Å². The predicted octanol–water partition coefficient (Wildman–Crippen LogP) is 3.24. The minimum Gasteiger partial charge on any atom is -0.462 e. The molecular weight excluding hydrogens is 242 g/mol. The number of anilines is 1. The predicted molar refractivity (Wildman–Crippen MR) is 68.0 cm³/mol. The minimum absolute atomic E-state index is 0.272. The molecule has 0 spiro atoms. The molecule has 0 aliphatic rings. The number of esters is 1. The molecule has 0 saturated carbocycles. The van der Waals surface area contributed by atoms with Gasteiger partial charge in [0, 0.05) is 21.2 Å². The number of carbonyl (C=O) groups excluding carboxylic acids is 1. The monoisotopic (exact) mass is 253 g/mol. The number of rotatable bonds is 3. The first kappa shape index (κ1) is 11.2. The Morgan fingerprint density at radius 1 is 1.44 bits per heavy atom. The third-order valence-corrected chi connectivity index (χ3v) is 3.74. The lowest BCUT2D eigenvalue weighted by Crippen LogP contribution is -2.04. The standard InChI is InChI=1S/C11H11NO2S2/c1-2-14-11(13)8-6-15-5-7(8)9-3-4-10(12)16-9/h3-6H,2,12H2,1H3. The third-order valence-electron chi connectivity index (χ3n) is 2.05. The van der Waals surface area contributed by atoms with E-state index in [-0.39, 0.29) is 5.97 Å². The maximum Gasteiger partial charge on any atom is 0.339 e. The van der Waals surface area contributed by atoms with E-state index in [9.17, 15) is 4.79 Å². The molecule has 0 atom stereocenters. The van der Waals surface area contributed by atoms with Crippen molar-refractivity contribution >= 4 is 33.6 Å². The number of hydrogen-bond donors (Lipinski definition) is 1. The number of nitrogen functional groups attached to an aromatic ring is 1. The van der Waals surface area contributed by atoms with Crippen LogP contribution in [0.2, 0.25) is 0 Å². The lowest BCUT2D eigenvalue weighted by atomic mass is 10.2. The Morgan fingerprint density at radius 2 is 2.25 bits per heavy atom. The van der Waals surface area contributed by atoms with Gasteiger partial charge < -0.3 is 10.5 Å². The van der Waals surface area contributed by atoms with Crippen LogP contribution in [0.4, 0.5) is 5.00 Å². The fourth-order valence-electron chi connectivity index (χ4n) is 1.35. The number of thiophene rings is 2. The summed E-state index contributed by atoms with van der Waals surface area (Å²) in [5.41, 5.74) is 7.20. The highest BCUT2D eigenvalue weighted by Gasteiger charge is 2.15. The van der Waals surface area contributed by atoms with Crippen molar-refractivity contribution in [3.05, 3.63) is 28.5 Å². The summed E-state index contributed by atoms with van der Waals surface area (Å²) < 4.78 is 5.00. The van der Waals surface area contributed by atoms with E-state index in [1.807, 2.05) is 22.9 Å². The molecule has 0 aliphatic heterocycles. The van der Waals surface area contributed by atoms with Crippen LogP contribution in [0.3, 0.4) is 0 Å². The third kappa shape index (κ3) is 2.10. The van der Waals surface area contributed by atoms with Gasteiger partial charge in [-0.1, -0.05) is 0 Å². The zero-order valence-electron chi connectivity index (χ0n) is 8.73. The van der Waals surface area contributed by atoms with Gasteiger partial charge in [0.05, 0.1) is 17.2 Å². The molecule has 2 rings (SSSR count). The zero-order valence-corrected chi connectivity index (χ0v) is 10.4. The summed E-state index contributed by atoms with van der Waals surface area (Å²) >= 11 is 2.96. The van der Waals surface area contributed by atoms with Gasteiger partial charge >= 0.3 is 5.97 Å². The highest BCUT2D eigenvalue weighted by molar-refractivity contribution is 7.19. The van der Waals surface area contributed by atoms with E-state index in [0.717, 1.165) is 15.4 Å². The summed E-state index contributed by atoms with van der Waals surface area (Å²) in [6.07, 6.45) is 0. The zero-order chi connectivity index (χ0) is 11.5. The van der Waals surface area contributed by atoms with Crippen LogP contribution >= 0.6 is 22.7 Å². The van der Waals surface area contributed by atoms with Crippen LogP contribution in [-0.2, 0) is 4.74 Å². The Morgan fingerprint density at radius 3 is 2.88 bits per heavy atom. The molecule has 0 saturated heterocycles. The normalized spacial score (nSPS) is 10.3. The SMILES string of the molecule is CCOC(=O)c1cscc1-c1ccc(N)s1. The van der Waals surface area contributed by atoms with Crippen molar-refractivity contribution in [2.24, 2.45) is 0 Å². The average molecular weight is 253 g/mol. The van der Waals surface area contributed by atoms with Gasteiger partial charge in [-0.05, 0) is 19.1 Å². The Hall–Kier alpha value is -1.33. The van der Waals surface area contributed by atoms with Gasteiger partial charge in [0.2, 0.25) is 0 Å². The van der Waals surface area contributed by atoms with E-state index in [1.54, 1.807) is 6.92 Å². The van der Waals surface area contributed by atoms with Crippen LogP contribution in [0.25, 0.3) is 10.4 Å². The maximum atomic E-state index is 11.7. The molecule has 2 heterocycles. The van der Waals surface area contributed by atoms with E-state index >= 15 is 0 Å². The van der Waals surface area contributed by atoms with Crippen LogP contribution in [-0.4, -0.2) is 12.6 Å². The fraction of sp³-hybridized carbons (Fsp3) is 0.182. The Balaban J connectivity index is 2.36. The average Bonchev–Trinajstić information content (AvgIpc) is 2.85. The Labute approximate surface area is 101 Å². The van der Waals surface area contributed by atoms with Gasteiger partial charge in [-0.2, -0.15) is 11.3 Å². The largest absolute Gasteiger partial charge is 0.462 e. The number of nitrogens with two attached hydrogens (primary N) is 1. The van der Waals surface area contributed by atoms with Crippen molar-refractivity contribution in [1.82, 2.24) is 0 Å². The summed E-state index contributed by atoms with van der Waals surface area (Å²) in [5, 5.41) is 4.50. The van der Waals surface area contributed by atoms with Gasteiger partial charge in [0.25, 0.3) is 0 Å². The highest BCUT2D eigenvalue weighted by Crippen LogP contribution is 2.34. The highest BCUT2D eigenvalue weighted by atomic mass is 32.1. The molecule has 3 nitrogen and oxygen atoms in total. The van der Waals surface area contributed by atoms with Crippen LogP contribution in [0, 0.1) is 0 Å². The Kier molecular flexibility index (Phi) is 3.26. The van der Waals surface area contributed by atoms with E-state index in [4.69, 9.17) is 10.5 Å². The second kappa shape index (κ2) is 4.67. The summed E-state index contributed by atoms with van der Waals surface area (Å²) in [6, 6.07) is 3.76. The molecule has 2 aromatic rings. The second-order valence-electron chi connectivity index (χ2n) is 3.12. The summed E-state index contributed by atoms with van der Waals surface area (Å²) in [5.74, 6) is -0.272. The van der Waals surface area contributed by atoms with E-state index < -0.39 is 0 Å². The van der Waals surface area contributed by atoms with Crippen LogP contribution < -0.4 is 5.73 Å². The minimum atomic E-state index is -0.272. The number of ether oxygens (including phenoxy) is 1. The number of carbonyl (C=O) groups is 1. The van der Waals surface area contributed by atoms with Crippen molar-refractivity contribution in [3.8, 4) is 10.4 Å². The molecule has 0 radical (unpaired) electrons. The topological polar surface area (TPSA) is 52.3 Å². The summed E-state index contributed by atoms with van der Waals surface area (Å²) in [6.45, 7) is 2.19. The van der Waals surface area contributed by atoms with Crippen LogP contribution in [0.1, 0.15) is 17.3 Å². The smallest absolute Gasteiger partial charge is 0.339 e. The van der Waals surface area contributed by atoms with Gasteiger partial charge in [-0.15, -0.1) is 11.3 Å². The van der Waals surface area contributed by atoms with Crippen molar-refractivity contribution in [2.75, 3.05) is 12.3 Å². The van der Waals surface area contributed by atoms with Gasteiger partial charge in [0.15, 0.2) is 0 Å². The molecule has 5 heteroatoms. The molecule has 2 aromatic heterocycles. The van der Waals surface area contributed by atoms with E-state index in [0.29, 0.717) is 12.2 Å². The van der Waals surface area contributed by atoms with Crippen molar-refractivity contribution in [3.63, 3.8) is 0 Å². The molecule has 84 valence electrons.